The fourth-order valence-corrected chi connectivity index (χ4v) is 3.80. The highest BCUT2D eigenvalue weighted by Gasteiger charge is 2.34. The average molecular weight is 418 g/mol. The minimum absolute atomic E-state index is 0.167. The van der Waals surface area contributed by atoms with Crippen LogP contribution >= 0.6 is 0 Å². The van der Waals surface area contributed by atoms with Crippen LogP contribution in [0.2, 0.25) is 0 Å². The van der Waals surface area contributed by atoms with E-state index in [1.807, 2.05) is 33.9 Å². The van der Waals surface area contributed by atoms with Gasteiger partial charge in [-0.1, -0.05) is 0 Å². The molecule has 0 bridgehead atoms. The number of rotatable bonds is 4. The third kappa shape index (κ3) is 3.46. The van der Waals surface area contributed by atoms with Gasteiger partial charge in [-0.2, -0.15) is 13.2 Å². The van der Waals surface area contributed by atoms with Gasteiger partial charge in [0, 0.05) is 42.5 Å². The highest BCUT2D eigenvalue weighted by atomic mass is 19.4. The zero-order valence-corrected chi connectivity index (χ0v) is 16.8. The molecule has 158 valence electrons. The van der Waals surface area contributed by atoms with Gasteiger partial charge in [0.2, 0.25) is 0 Å². The second kappa shape index (κ2) is 7.27. The van der Waals surface area contributed by atoms with Crippen LogP contribution in [0.1, 0.15) is 11.1 Å². The van der Waals surface area contributed by atoms with Crippen LogP contribution in [0.25, 0.3) is 16.6 Å². The van der Waals surface area contributed by atoms with Gasteiger partial charge in [0.1, 0.15) is 5.75 Å². The summed E-state index contributed by atoms with van der Waals surface area (Å²) in [6.45, 7) is 2.87. The molecule has 1 saturated heterocycles. The van der Waals surface area contributed by atoms with E-state index in [2.05, 4.69) is 0 Å². The van der Waals surface area contributed by atoms with Crippen LogP contribution in [-0.2, 0) is 15.7 Å². The van der Waals surface area contributed by atoms with E-state index in [1.54, 1.807) is 14.0 Å². The van der Waals surface area contributed by atoms with Crippen molar-refractivity contribution in [3.63, 3.8) is 0 Å². The minimum Gasteiger partial charge on any atom is -0.497 e. The van der Waals surface area contributed by atoms with Crippen molar-refractivity contribution in [2.24, 2.45) is 5.92 Å². The summed E-state index contributed by atoms with van der Waals surface area (Å²) >= 11 is 0. The first-order chi connectivity index (χ1) is 14.2. The second-order valence-corrected chi connectivity index (χ2v) is 7.43. The van der Waals surface area contributed by atoms with Crippen molar-refractivity contribution in [1.29, 1.82) is 0 Å². The summed E-state index contributed by atoms with van der Waals surface area (Å²) in [7, 11) is 2.93. The van der Waals surface area contributed by atoms with Gasteiger partial charge in [-0.3, -0.25) is 4.79 Å². The van der Waals surface area contributed by atoms with Gasteiger partial charge in [0.15, 0.2) is 0 Å². The van der Waals surface area contributed by atoms with Crippen molar-refractivity contribution in [2.75, 3.05) is 32.2 Å². The molecule has 0 amide bonds. The number of esters is 1. The van der Waals surface area contributed by atoms with Crippen molar-refractivity contribution >= 4 is 22.6 Å². The molecule has 3 aromatic rings. The van der Waals surface area contributed by atoms with Gasteiger partial charge in [-0.05, 0) is 36.8 Å². The number of ether oxygens (including phenoxy) is 2. The van der Waals surface area contributed by atoms with E-state index in [0.717, 1.165) is 23.0 Å². The number of nitrogens with zero attached hydrogens (tertiary/aromatic N) is 2. The molecular formula is C22H21F3N2O3. The largest absolute Gasteiger partial charge is 0.497 e. The Morgan fingerprint density at radius 1 is 1.07 bits per heavy atom. The molecule has 1 fully saturated rings. The molecule has 8 heteroatoms. The highest BCUT2D eigenvalue weighted by Crippen LogP contribution is 2.36. The number of aryl methyl sites for hydroxylation is 1. The van der Waals surface area contributed by atoms with E-state index in [0.29, 0.717) is 29.7 Å². The molecular weight excluding hydrogens is 397 g/mol. The molecule has 0 spiro atoms. The first-order valence-electron chi connectivity index (χ1n) is 9.42. The molecule has 30 heavy (non-hydrogen) atoms. The minimum atomic E-state index is -4.39. The number of carbonyl (C=O) groups excluding carboxylic acids is 1. The van der Waals surface area contributed by atoms with Gasteiger partial charge in [0.05, 0.1) is 36.9 Å². The highest BCUT2D eigenvalue weighted by molar-refractivity contribution is 5.86. The predicted octanol–water partition coefficient (Wildman–Crippen LogP) is 4.58. The average Bonchev–Trinajstić information content (AvgIpc) is 3.02. The fourth-order valence-electron chi connectivity index (χ4n) is 3.80. The number of methoxy groups -OCH3 is 2. The number of carbonyl (C=O) groups is 1. The number of hydrogen-bond acceptors (Lipinski definition) is 4. The Morgan fingerprint density at radius 3 is 2.40 bits per heavy atom. The Bertz CT molecular complexity index is 1110. The lowest BCUT2D eigenvalue weighted by Crippen LogP contribution is -2.50. The van der Waals surface area contributed by atoms with Gasteiger partial charge in [-0.15, -0.1) is 0 Å². The van der Waals surface area contributed by atoms with Crippen molar-refractivity contribution in [3.05, 3.63) is 53.7 Å². The maximum Gasteiger partial charge on any atom is 0.416 e. The van der Waals surface area contributed by atoms with Gasteiger partial charge in [-0.25, -0.2) is 0 Å². The van der Waals surface area contributed by atoms with Gasteiger partial charge >= 0.3 is 12.1 Å². The molecule has 2 heterocycles. The van der Waals surface area contributed by atoms with E-state index in [9.17, 15) is 18.0 Å². The van der Waals surface area contributed by atoms with Crippen LogP contribution in [0.15, 0.2) is 42.6 Å². The third-order valence-corrected chi connectivity index (χ3v) is 5.50. The molecule has 2 aromatic carbocycles. The monoisotopic (exact) mass is 418 g/mol. The Balaban J connectivity index is 1.74. The standard InChI is InChI=1S/C22H21F3N2O3/c1-13-10-27(20-5-4-15(6-19(13)20)22(23,24)25)17-7-16(8-18(9-17)29-2)26-11-14(12-26)21(28)30-3/h4-10,14H,11-12H2,1-3H3. The maximum absolute atomic E-state index is 13.1. The van der Waals surface area contributed by atoms with Gasteiger partial charge in [0.25, 0.3) is 0 Å². The Labute approximate surface area is 171 Å². The van der Waals surface area contributed by atoms with Crippen molar-refractivity contribution < 1.29 is 27.4 Å². The lowest BCUT2D eigenvalue weighted by molar-refractivity contribution is -0.146. The zero-order valence-electron chi connectivity index (χ0n) is 16.8. The summed E-state index contributed by atoms with van der Waals surface area (Å²) in [5.41, 5.74) is 2.39. The smallest absolute Gasteiger partial charge is 0.416 e. The van der Waals surface area contributed by atoms with Crippen LogP contribution in [-0.4, -0.2) is 37.8 Å². The number of aromatic nitrogens is 1. The summed E-state index contributed by atoms with van der Waals surface area (Å²) in [4.78, 5) is 13.7. The first kappa shape index (κ1) is 20.1. The van der Waals surface area contributed by atoms with E-state index >= 15 is 0 Å². The van der Waals surface area contributed by atoms with Gasteiger partial charge < -0.3 is 18.9 Å². The van der Waals surface area contributed by atoms with E-state index in [-0.39, 0.29) is 11.9 Å². The predicted molar refractivity (Wildman–Crippen MR) is 107 cm³/mol. The lowest BCUT2D eigenvalue weighted by Gasteiger charge is -2.39. The SMILES string of the molecule is COC(=O)C1CN(c2cc(OC)cc(-n3cc(C)c4cc(C(F)(F)F)ccc43)c2)C1. The topological polar surface area (TPSA) is 43.7 Å². The molecule has 0 atom stereocenters. The van der Waals surface area contributed by atoms with Crippen LogP contribution in [0.5, 0.6) is 5.75 Å². The van der Waals surface area contributed by atoms with Crippen molar-refractivity contribution in [2.45, 2.75) is 13.1 Å². The Morgan fingerprint density at radius 2 is 1.77 bits per heavy atom. The van der Waals surface area contributed by atoms with E-state index in [4.69, 9.17) is 9.47 Å². The normalized spacial score (nSPS) is 14.7. The summed E-state index contributed by atoms with van der Waals surface area (Å²) in [6, 6.07) is 9.40. The molecule has 1 aromatic heterocycles. The Kier molecular flexibility index (Phi) is 4.88. The Hall–Kier alpha value is -3.16. The molecule has 5 nitrogen and oxygen atoms in total. The van der Waals surface area contributed by atoms with Crippen LogP contribution < -0.4 is 9.64 Å². The quantitative estimate of drug-likeness (QED) is 0.582. The number of hydrogen-bond donors (Lipinski definition) is 0. The summed E-state index contributed by atoms with van der Waals surface area (Å²) < 4.78 is 51.4. The van der Waals surface area contributed by atoms with Crippen LogP contribution in [0.3, 0.4) is 0 Å². The number of benzene rings is 2. The lowest BCUT2D eigenvalue weighted by atomic mass is 9.99. The number of alkyl halides is 3. The number of fused-ring (bicyclic) bond motifs is 1. The zero-order chi connectivity index (χ0) is 21.6. The molecule has 0 unspecified atom stereocenters. The second-order valence-electron chi connectivity index (χ2n) is 7.43. The summed E-state index contributed by atoms with van der Waals surface area (Å²) in [6.07, 6.45) is -2.57. The van der Waals surface area contributed by atoms with Crippen LogP contribution in [0, 0.1) is 12.8 Å². The molecule has 0 saturated carbocycles. The third-order valence-electron chi connectivity index (χ3n) is 5.50. The summed E-state index contributed by atoms with van der Waals surface area (Å²) in [5.74, 6) is 0.220. The fraction of sp³-hybridized carbons (Fsp3) is 0.318. The summed E-state index contributed by atoms with van der Waals surface area (Å²) in [5, 5.41) is 0.545. The maximum atomic E-state index is 13.1. The molecule has 1 aliphatic heterocycles. The van der Waals surface area contributed by atoms with E-state index in [1.165, 1.54) is 19.2 Å². The number of halogens is 3. The molecule has 1 aliphatic rings. The van der Waals surface area contributed by atoms with Crippen LogP contribution in [0.4, 0.5) is 18.9 Å². The first-order valence-corrected chi connectivity index (χ1v) is 9.42. The number of anilines is 1. The molecule has 0 radical (unpaired) electrons. The molecule has 0 aliphatic carbocycles. The van der Waals surface area contributed by atoms with Crippen molar-refractivity contribution in [1.82, 2.24) is 4.57 Å². The molecule has 0 N–H and O–H groups in total. The van der Waals surface area contributed by atoms with E-state index < -0.39 is 11.7 Å². The van der Waals surface area contributed by atoms with Crippen molar-refractivity contribution in [3.8, 4) is 11.4 Å². The molecule has 4 rings (SSSR count).